The van der Waals surface area contributed by atoms with Gasteiger partial charge in [0.15, 0.2) is 0 Å². The van der Waals surface area contributed by atoms with Crippen LogP contribution in [-0.2, 0) is 11.0 Å². The summed E-state index contributed by atoms with van der Waals surface area (Å²) in [6, 6.07) is 4.86. The molecule has 1 heterocycles. The molecule has 1 saturated heterocycles. The first-order valence-electron chi connectivity index (χ1n) is 6.33. The molecule has 0 aromatic heterocycles. The average Bonchev–Trinajstić information content (AvgIpc) is 2.79. The lowest BCUT2D eigenvalue weighted by Crippen LogP contribution is -2.23. The molecule has 0 aliphatic carbocycles. The molecule has 2 unspecified atom stereocenters. The Balaban J connectivity index is 2.31. The Kier molecular flexibility index (Phi) is 3.81. The van der Waals surface area contributed by atoms with Crippen molar-refractivity contribution in [1.29, 1.82) is 5.26 Å². The number of carbonyl (C=O) groups is 1. The van der Waals surface area contributed by atoms with Crippen LogP contribution in [0.25, 0.3) is 0 Å². The number of nitriles is 1. The minimum Gasteiger partial charge on any atom is -0.481 e. The lowest BCUT2D eigenvalue weighted by atomic mass is 9.99. The summed E-state index contributed by atoms with van der Waals surface area (Å²) in [7, 11) is 0. The molecule has 1 aliphatic heterocycles. The standard InChI is InChI=1S/C14H13F3N2O2/c1-8-6-19(7-11(8)13(20)21)10-2-3-12(14(15,16)17)9(4-10)5-18/h2-4,8,11H,6-7H2,1H3,(H,20,21). The van der Waals surface area contributed by atoms with Gasteiger partial charge in [0.05, 0.1) is 23.1 Å². The van der Waals surface area contributed by atoms with Gasteiger partial charge in [-0.15, -0.1) is 0 Å². The van der Waals surface area contributed by atoms with E-state index < -0.39 is 29.2 Å². The molecule has 2 atom stereocenters. The van der Waals surface area contributed by atoms with Gasteiger partial charge in [-0.05, 0) is 24.1 Å². The maximum Gasteiger partial charge on any atom is 0.417 e. The van der Waals surface area contributed by atoms with Gasteiger partial charge in [-0.1, -0.05) is 6.92 Å². The molecule has 1 aromatic rings. The molecule has 2 rings (SSSR count). The highest BCUT2D eigenvalue weighted by molar-refractivity contribution is 5.72. The van der Waals surface area contributed by atoms with Crippen molar-refractivity contribution in [2.45, 2.75) is 13.1 Å². The van der Waals surface area contributed by atoms with Gasteiger partial charge in [-0.25, -0.2) is 0 Å². The summed E-state index contributed by atoms with van der Waals surface area (Å²) in [6.45, 7) is 2.45. The van der Waals surface area contributed by atoms with Gasteiger partial charge in [0.2, 0.25) is 0 Å². The number of hydrogen-bond acceptors (Lipinski definition) is 3. The normalized spacial score (nSPS) is 22.1. The fourth-order valence-corrected chi connectivity index (χ4v) is 2.57. The van der Waals surface area contributed by atoms with Crippen molar-refractivity contribution in [3.8, 4) is 6.07 Å². The van der Waals surface area contributed by atoms with Crippen molar-refractivity contribution in [1.82, 2.24) is 0 Å². The van der Waals surface area contributed by atoms with E-state index in [1.807, 2.05) is 0 Å². The molecule has 0 saturated carbocycles. The zero-order valence-corrected chi connectivity index (χ0v) is 11.2. The molecule has 1 N–H and O–H groups in total. The van der Waals surface area contributed by atoms with Crippen LogP contribution in [0.5, 0.6) is 0 Å². The lowest BCUT2D eigenvalue weighted by molar-refractivity contribution is -0.142. The fourth-order valence-electron chi connectivity index (χ4n) is 2.57. The van der Waals surface area contributed by atoms with E-state index in [0.29, 0.717) is 12.2 Å². The summed E-state index contributed by atoms with van der Waals surface area (Å²) in [5.41, 5.74) is -0.989. The zero-order valence-electron chi connectivity index (χ0n) is 11.2. The van der Waals surface area contributed by atoms with Crippen molar-refractivity contribution >= 4 is 11.7 Å². The van der Waals surface area contributed by atoms with E-state index in [2.05, 4.69) is 0 Å². The Morgan fingerprint density at radius 3 is 2.57 bits per heavy atom. The molecule has 4 nitrogen and oxygen atoms in total. The molecular formula is C14H13F3N2O2. The number of nitrogens with zero attached hydrogens (tertiary/aromatic N) is 2. The smallest absolute Gasteiger partial charge is 0.417 e. The molecular weight excluding hydrogens is 285 g/mol. The van der Waals surface area contributed by atoms with Crippen molar-refractivity contribution in [3.63, 3.8) is 0 Å². The van der Waals surface area contributed by atoms with E-state index in [9.17, 15) is 18.0 Å². The summed E-state index contributed by atoms with van der Waals surface area (Å²) in [5.74, 6) is -1.58. The second kappa shape index (κ2) is 5.28. The maximum absolute atomic E-state index is 12.7. The topological polar surface area (TPSA) is 64.3 Å². The average molecular weight is 298 g/mol. The molecule has 21 heavy (non-hydrogen) atoms. The summed E-state index contributed by atoms with van der Waals surface area (Å²) in [6.07, 6.45) is -4.58. The van der Waals surface area contributed by atoms with Gasteiger partial charge < -0.3 is 10.0 Å². The van der Waals surface area contributed by atoms with Crippen molar-refractivity contribution in [2.75, 3.05) is 18.0 Å². The molecule has 1 fully saturated rings. The van der Waals surface area contributed by atoms with E-state index in [-0.39, 0.29) is 12.5 Å². The Hall–Kier alpha value is -2.23. The zero-order chi connectivity index (χ0) is 15.8. The third-order valence-electron chi connectivity index (χ3n) is 3.72. The van der Waals surface area contributed by atoms with Gasteiger partial charge in [0.25, 0.3) is 0 Å². The third kappa shape index (κ3) is 2.94. The maximum atomic E-state index is 12.7. The molecule has 7 heteroatoms. The number of carboxylic acid groups (broad SMARTS) is 1. The highest BCUT2D eigenvalue weighted by atomic mass is 19.4. The second-order valence-corrected chi connectivity index (χ2v) is 5.17. The molecule has 0 spiro atoms. The molecule has 112 valence electrons. The van der Waals surface area contributed by atoms with Crippen LogP contribution in [0.1, 0.15) is 18.1 Å². The number of halogens is 3. The minimum absolute atomic E-state index is 0.102. The van der Waals surface area contributed by atoms with Crippen LogP contribution in [0.2, 0.25) is 0 Å². The summed E-state index contributed by atoms with van der Waals surface area (Å²) in [5, 5.41) is 18.0. The number of anilines is 1. The number of aliphatic carboxylic acids is 1. The van der Waals surface area contributed by atoms with E-state index >= 15 is 0 Å². The quantitative estimate of drug-likeness (QED) is 0.911. The summed E-state index contributed by atoms with van der Waals surface area (Å²) < 4.78 is 38.2. The van der Waals surface area contributed by atoms with Crippen LogP contribution >= 0.6 is 0 Å². The van der Waals surface area contributed by atoms with Gasteiger partial charge in [-0.3, -0.25) is 4.79 Å². The lowest BCUT2D eigenvalue weighted by Gasteiger charge is -2.19. The van der Waals surface area contributed by atoms with Crippen molar-refractivity contribution in [2.24, 2.45) is 11.8 Å². The number of benzene rings is 1. The van der Waals surface area contributed by atoms with Crippen LogP contribution in [-0.4, -0.2) is 24.2 Å². The van der Waals surface area contributed by atoms with Crippen LogP contribution in [0.15, 0.2) is 18.2 Å². The highest BCUT2D eigenvalue weighted by Crippen LogP contribution is 2.35. The SMILES string of the molecule is CC1CN(c2ccc(C(F)(F)F)c(C#N)c2)CC1C(=O)O. The first kappa shape index (κ1) is 15.2. The number of hydrogen-bond donors (Lipinski definition) is 1. The molecule has 0 radical (unpaired) electrons. The van der Waals surface area contributed by atoms with E-state index in [1.165, 1.54) is 12.1 Å². The molecule has 0 amide bonds. The Morgan fingerprint density at radius 1 is 1.43 bits per heavy atom. The van der Waals surface area contributed by atoms with E-state index in [0.717, 1.165) is 6.07 Å². The van der Waals surface area contributed by atoms with Crippen molar-refractivity contribution in [3.05, 3.63) is 29.3 Å². The van der Waals surface area contributed by atoms with E-state index in [1.54, 1.807) is 17.9 Å². The molecule has 1 aromatic carbocycles. The predicted octanol–water partition coefficient (Wildman–Crippen LogP) is 2.73. The molecule has 0 bridgehead atoms. The first-order valence-corrected chi connectivity index (χ1v) is 6.33. The number of rotatable bonds is 2. The van der Waals surface area contributed by atoms with Crippen LogP contribution in [0.4, 0.5) is 18.9 Å². The van der Waals surface area contributed by atoms with E-state index in [4.69, 9.17) is 10.4 Å². The first-order chi connectivity index (χ1) is 9.74. The summed E-state index contributed by atoms with van der Waals surface area (Å²) >= 11 is 0. The van der Waals surface area contributed by atoms with Crippen molar-refractivity contribution < 1.29 is 23.1 Å². The Labute approximate surface area is 119 Å². The van der Waals surface area contributed by atoms with Gasteiger partial charge in [0.1, 0.15) is 0 Å². The second-order valence-electron chi connectivity index (χ2n) is 5.17. The molecule has 1 aliphatic rings. The van der Waals surface area contributed by atoms with Crippen LogP contribution < -0.4 is 4.90 Å². The van der Waals surface area contributed by atoms with Gasteiger partial charge in [0, 0.05) is 18.8 Å². The minimum atomic E-state index is -4.58. The van der Waals surface area contributed by atoms with Gasteiger partial charge in [-0.2, -0.15) is 18.4 Å². The van der Waals surface area contributed by atoms with Gasteiger partial charge >= 0.3 is 12.1 Å². The highest BCUT2D eigenvalue weighted by Gasteiger charge is 2.37. The van der Waals surface area contributed by atoms with Crippen LogP contribution in [0, 0.1) is 23.2 Å². The fraction of sp³-hybridized carbons (Fsp3) is 0.429. The van der Waals surface area contributed by atoms with Crippen LogP contribution in [0.3, 0.4) is 0 Å². The largest absolute Gasteiger partial charge is 0.481 e. The third-order valence-corrected chi connectivity index (χ3v) is 3.72. The monoisotopic (exact) mass is 298 g/mol. The predicted molar refractivity (Wildman–Crippen MR) is 68.7 cm³/mol. The number of carboxylic acids is 1. The Morgan fingerprint density at radius 2 is 2.10 bits per heavy atom. The number of alkyl halides is 3. The Bertz CT molecular complexity index is 607. The summed E-state index contributed by atoms with van der Waals surface area (Å²) in [4.78, 5) is 12.8.